The van der Waals surface area contributed by atoms with Crippen molar-refractivity contribution in [1.82, 2.24) is 15.5 Å². The molecule has 1 aromatic heterocycles. The normalized spacial score (nSPS) is 13.9. The number of nitrogens with one attached hydrogen (secondary N) is 1. The summed E-state index contributed by atoms with van der Waals surface area (Å²) in [5.41, 5.74) is 8.03. The fourth-order valence-corrected chi connectivity index (χ4v) is 4.52. The Morgan fingerprint density at radius 2 is 1.79 bits per heavy atom. The van der Waals surface area contributed by atoms with Gasteiger partial charge in [0.1, 0.15) is 5.82 Å². The Morgan fingerprint density at radius 1 is 1.13 bits per heavy atom. The molecule has 3 N–H and O–H groups in total. The summed E-state index contributed by atoms with van der Waals surface area (Å²) in [5.74, 6) is -0.498. The van der Waals surface area contributed by atoms with Crippen molar-refractivity contribution in [2.24, 2.45) is 5.73 Å². The lowest BCUT2D eigenvalue weighted by Gasteiger charge is -2.20. The van der Waals surface area contributed by atoms with Crippen molar-refractivity contribution in [2.45, 2.75) is 31.8 Å². The molecule has 1 heterocycles. The van der Waals surface area contributed by atoms with Crippen LogP contribution in [0.15, 0.2) is 77.3 Å². The molecule has 3 aromatic carbocycles. The first-order valence-electron chi connectivity index (χ1n) is 12.2. The van der Waals surface area contributed by atoms with Crippen molar-refractivity contribution in [3.8, 4) is 11.4 Å². The highest BCUT2D eigenvalue weighted by molar-refractivity contribution is 7.92. The van der Waals surface area contributed by atoms with E-state index in [2.05, 4.69) is 15.5 Å². The van der Waals surface area contributed by atoms with E-state index in [1.54, 1.807) is 38.1 Å². The fourth-order valence-electron chi connectivity index (χ4n) is 4.03. The third-order valence-electron chi connectivity index (χ3n) is 6.35. The zero-order chi connectivity index (χ0) is 28.4. The van der Waals surface area contributed by atoms with Crippen molar-refractivity contribution in [1.29, 1.82) is 0 Å². The van der Waals surface area contributed by atoms with E-state index in [0.29, 0.717) is 17.5 Å². The summed E-state index contributed by atoms with van der Waals surface area (Å²) in [7, 11) is -2.25. The van der Waals surface area contributed by atoms with E-state index in [-0.39, 0.29) is 28.8 Å². The zero-order valence-electron chi connectivity index (χ0n) is 22.1. The molecule has 9 nitrogen and oxygen atoms in total. The van der Waals surface area contributed by atoms with Crippen LogP contribution in [-0.4, -0.2) is 37.8 Å². The Morgan fingerprint density at radius 3 is 2.44 bits per heavy atom. The van der Waals surface area contributed by atoms with Gasteiger partial charge in [0.15, 0.2) is 0 Å². The number of carbonyl (C=O) groups excluding carboxylic acids is 1. The third-order valence-corrected chi connectivity index (χ3v) is 7.55. The summed E-state index contributed by atoms with van der Waals surface area (Å²) in [4.78, 5) is 17.7. The number of anilines is 1. The van der Waals surface area contributed by atoms with E-state index in [1.165, 1.54) is 25.2 Å². The summed E-state index contributed by atoms with van der Waals surface area (Å²) in [6.45, 7) is 3.54. The number of carbonyl (C=O) groups is 1. The second-order valence-electron chi connectivity index (χ2n) is 9.75. The Kier molecular flexibility index (Phi) is 7.84. The van der Waals surface area contributed by atoms with Crippen LogP contribution in [-0.2, 0) is 22.0 Å². The van der Waals surface area contributed by atoms with E-state index in [9.17, 15) is 17.6 Å². The van der Waals surface area contributed by atoms with Crippen LogP contribution >= 0.6 is 0 Å². The first kappa shape index (κ1) is 27.9. The number of benzene rings is 3. The molecule has 39 heavy (non-hydrogen) atoms. The summed E-state index contributed by atoms with van der Waals surface area (Å²) in [6.07, 6.45) is 1.51. The number of rotatable bonds is 9. The predicted octanol–water partition coefficient (Wildman–Crippen LogP) is 4.18. The molecule has 0 unspecified atom stereocenters. The maximum Gasteiger partial charge on any atom is 0.251 e. The molecule has 4 aromatic rings. The van der Waals surface area contributed by atoms with Gasteiger partial charge in [-0.25, -0.2) is 12.8 Å². The Labute approximate surface area is 226 Å². The highest BCUT2D eigenvalue weighted by atomic mass is 32.2. The van der Waals surface area contributed by atoms with Gasteiger partial charge in [0.2, 0.25) is 21.7 Å². The van der Waals surface area contributed by atoms with Gasteiger partial charge in [-0.05, 0) is 61.7 Å². The van der Waals surface area contributed by atoms with E-state index in [0.717, 1.165) is 16.1 Å². The molecule has 0 spiro atoms. The lowest BCUT2D eigenvalue weighted by atomic mass is 9.94. The van der Waals surface area contributed by atoms with Gasteiger partial charge in [0.05, 0.1) is 23.5 Å². The first-order valence-corrected chi connectivity index (χ1v) is 14.0. The monoisotopic (exact) mass is 551 g/mol. The van der Waals surface area contributed by atoms with Crippen molar-refractivity contribution in [3.05, 3.63) is 101 Å². The maximum absolute atomic E-state index is 13.3. The Bertz CT molecular complexity index is 1570. The van der Waals surface area contributed by atoms with Crippen LogP contribution in [0.25, 0.3) is 11.4 Å². The lowest BCUT2D eigenvalue weighted by molar-refractivity contribution is 0.0940. The molecule has 204 valence electrons. The van der Waals surface area contributed by atoms with E-state index < -0.39 is 27.5 Å². The quantitative estimate of drug-likeness (QED) is 0.319. The van der Waals surface area contributed by atoms with Gasteiger partial charge < -0.3 is 15.6 Å². The van der Waals surface area contributed by atoms with E-state index in [1.807, 2.05) is 30.3 Å². The van der Waals surface area contributed by atoms with Crippen LogP contribution in [0.1, 0.15) is 47.3 Å². The number of halogens is 1. The molecule has 1 amide bonds. The van der Waals surface area contributed by atoms with Gasteiger partial charge in [-0.15, -0.1) is 0 Å². The molecule has 4 rings (SSSR count). The number of amides is 1. The van der Waals surface area contributed by atoms with Crippen LogP contribution in [0.4, 0.5) is 10.1 Å². The molecule has 0 saturated heterocycles. The smallest absolute Gasteiger partial charge is 0.251 e. The number of aromatic nitrogens is 2. The molecule has 0 fully saturated rings. The molecule has 0 aliphatic carbocycles. The number of hydrogen-bond acceptors (Lipinski definition) is 7. The molecule has 0 aliphatic rings. The predicted molar refractivity (Wildman–Crippen MR) is 147 cm³/mol. The van der Waals surface area contributed by atoms with Crippen molar-refractivity contribution in [2.75, 3.05) is 17.6 Å². The highest BCUT2D eigenvalue weighted by Crippen LogP contribution is 2.29. The number of nitrogens with two attached hydrogens (primary N) is 1. The minimum atomic E-state index is -3.64. The third kappa shape index (κ3) is 6.68. The number of hydrogen-bond donors (Lipinski definition) is 2. The van der Waals surface area contributed by atoms with Gasteiger partial charge in [0, 0.05) is 18.2 Å². The average Bonchev–Trinajstić information content (AvgIpc) is 3.40. The molecule has 0 saturated carbocycles. The number of nitrogens with zero attached hydrogens (tertiary/aromatic N) is 3. The summed E-state index contributed by atoms with van der Waals surface area (Å²) in [6, 6.07) is 19.6. The largest absolute Gasteiger partial charge is 0.346 e. The van der Waals surface area contributed by atoms with Crippen molar-refractivity contribution >= 4 is 21.6 Å². The summed E-state index contributed by atoms with van der Waals surface area (Å²) < 4.78 is 44.5. The minimum Gasteiger partial charge on any atom is -0.346 e. The van der Waals surface area contributed by atoms with Gasteiger partial charge >= 0.3 is 0 Å². The molecule has 2 atom stereocenters. The van der Waals surface area contributed by atoms with Gasteiger partial charge in [-0.1, -0.05) is 47.6 Å². The zero-order valence-corrected chi connectivity index (χ0v) is 22.9. The van der Waals surface area contributed by atoms with Crippen LogP contribution in [0.3, 0.4) is 0 Å². The van der Waals surface area contributed by atoms with Crippen LogP contribution in [0.2, 0.25) is 0 Å². The Hall–Kier alpha value is -4.09. The maximum atomic E-state index is 13.3. The second-order valence-corrected chi connectivity index (χ2v) is 11.8. The van der Waals surface area contributed by atoms with Crippen LogP contribution < -0.4 is 15.4 Å². The van der Waals surface area contributed by atoms with Gasteiger partial charge in [-0.3, -0.25) is 9.10 Å². The van der Waals surface area contributed by atoms with Crippen molar-refractivity contribution in [3.63, 3.8) is 0 Å². The standard InChI is InChI=1S/C28H30FN5O4S/c1-18(20-10-12-23(29)13-11-20)31-26(35)22-14-21(15-24(16-22)34(3)39(4,36)37)25-32-27(38-33-25)28(2,30)17-19-8-6-5-7-9-19/h5-16,18H,17,30H2,1-4H3,(H,31,35)/t18-,28-/m1/s1. The van der Waals surface area contributed by atoms with E-state index in [4.69, 9.17) is 10.3 Å². The highest BCUT2D eigenvalue weighted by Gasteiger charge is 2.29. The Balaban J connectivity index is 1.67. The molecule has 0 bridgehead atoms. The first-order chi connectivity index (χ1) is 18.3. The molecule has 0 aliphatic heterocycles. The topological polar surface area (TPSA) is 131 Å². The molecular weight excluding hydrogens is 521 g/mol. The second kappa shape index (κ2) is 11.0. The van der Waals surface area contributed by atoms with E-state index >= 15 is 0 Å². The average molecular weight is 552 g/mol. The van der Waals surface area contributed by atoms with Gasteiger partial charge in [0.25, 0.3) is 5.91 Å². The fraction of sp³-hybridized carbons (Fsp3) is 0.250. The summed E-state index contributed by atoms with van der Waals surface area (Å²) >= 11 is 0. The molecule has 11 heteroatoms. The molecular formula is C28H30FN5O4S. The molecule has 0 radical (unpaired) electrons. The van der Waals surface area contributed by atoms with Crippen molar-refractivity contribution < 1.29 is 22.1 Å². The SMILES string of the molecule is C[C@@H](NC(=O)c1cc(-c2noc([C@](C)(N)Cc3ccccc3)n2)cc(N(C)S(C)(=O)=O)c1)c1ccc(F)cc1. The minimum absolute atomic E-state index is 0.152. The van der Waals surface area contributed by atoms with Crippen LogP contribution in [0, 0.1) is 5.82 Å². The summed E-state index contributed by atoms with van der Waals surface area (Å²) in [5, 5.41) is 6.93. The lowest BCUT2D eigenvalue weighted by Crippen LogP contribution is -2.35. The number of sulfonamides is 1. The van der Waals surface area contributed by atoms with Crippen LogP contribution in [0.5, 0.6) is 0 Å². The van der Waals surface area contributed by atoms with Gasteiger partial charge in [-0.2, -0.15) is 4.98 Å².